The van der Waals surface area contributed by atoms with Crippen LogP contribution in [-0.2, 0) is 0 Å². The quantitative estimate of drug-likeness (QED) is 0.891. The molecule has 1 saturated carbocycles. The molecular formula is C17H25NO2. The molecule has 1 aliphatic carbocycles. The fourth-order valence-corrected chi connectivity index (χ4v) is 3.55. The Hall–Kier alpha value is -1.06. The average molecular weight is 275 g/mol. The van der Waals surface area contributed by atoms with E-state index in [2.05, 4.69) is 30.4 Å². The van der Waals surface area contributed by atoms with E-state index in [9.17, 15) is 5.11 Å². The Morgan fingerprint density at radius 2 is 2.15 bits per heavy atom. The molecule has 0 aromatic heterocycles. The highest BCUT2D eigenvalue weighted by atomic mass is 16.5. The second kappa shape index (κ2) is 6.15. The van der Waals surface area contributed by atoms with Crippen molar-refractivity contribution in [3.05, 3.63) is 29.8 Å². The highest BCUT2D eigenvalue weighted by molar-refractivity contribution is 5.37. The van der Waals surface area contributed by atoms with Crippen LogP contribution in [0.2, 0.25) is 0 Å². The molecule has 0 radical (unpaired) electrons. The third-order valence-corrected chi connectivity index (χ3v) is 4.71. The summed E-state index contributed by atoms with van der Waals surface area (Å²) in [4.78, 5) is 0. The maximum Gasteiger partial charge on any atom is 0.124 e. The maximum absolute atomic E-state index is 9.78. The number of nitrogens with one attached hydrogen (secondary N) is 1. The molecule has 2 aliphatic rings. The van der Waals surface area contributed by atoms with Gasteiger partial charge in [0.25, 0.3) is 0 Å². The van der Waals surface area contributed by atoms with Gasteiger partial charge in [-0.05, 0) is 37.8 Å². The van der Waals surface area contributed by atoms with Crippen LogP contribution in [0.15, 0.2) is 24.3 Å². The van der Waals surface area contributed by atoms with Gasteiger partial charge in [0.1, 0.15) is 5.75 Å². The predicted octanol–water partition coefficient (Wildman–Crippen LogP) is 2.90. The normalized spacial score (nSPS) is 33.3. The fraction of sp³-hybridized carbons (Fsp3) is 0.647. The van der Waals surface area contributed by atoms with Gasteiger partial charge >= 0.3 is 0 Å². The minimum Gasteiger partial charge on any atom is -0.493 e. The molecule has 3 nitrogen and oxygen atoms in total. The van der Waals surface area contributed by atoms with Crippen LogP contribution in [0.4, 0.5) is 0 Å². The first-order chi connectivity index (χ1) is 9.74. The van der Waals surface area contributed by atoms with Crippen LogP contribution in [0, 0.1) is 11.8 Å². The van der Waals surface area contributed by atoms with Crippen LogP contribution < -0.4 is 10.1 Å². The molecule has 1 heterocycles. The Labute approximate surface area is 121 Å². The number of aliphatic hydroxyl groups excluding tert-OH is 1. The number of aliphatic hydroxyl groups is 1. The van der Waals surface area contributed by atoms with Crippen LogP contribution in [-0.4, -0.2) is 24.4 Å². The van der Waals surface area contributed by atoms with Crippen molar-refractivity contribution >= 4 is 0 Å². The molecule has 4 atom stereocenters. The summed E-state index contributed by atoms with van der Waals surface area (Å²) in [6.07, 6.45) is 4.24. The third kappa shape index (κ3) is 2.99. The minimum atomic E-state index is -0.0880. The summed E-state index contributed by atoms with van der Waals surface area (Å²) in [7, 11) is 0. The van der Waals surface area contributed by atoms with Gasteiger partial charge in [0.05, 0.1) is 12.7 Å². The van der Waals surface area contributed by atoms with Gasteiger partial charge in [-0.25, -0.2) is 0 Å². The van der Waals surface area contributed by atoms with E-state index in [1.54, 1.807) is 0 Å². The summed E-state index contributed by atoms with van der Waals surface area (Å²) in [5.74, 6) is 2.12. The van der Waals surface area contributed by atoms with Gasteiger partial charge < -0.3 is 15.2 Å². The third-order valence-electron chi connectivity index (χ3n) is 4.71. The van der Waals surface area contributed by atoms with Crippen molar-refractivity contribution in [1.29, 1.82) is 0 Å². The molecule has 0 saturated heterocycles. The summed E-state index contributed by atoms with van der Waals surface area (Å²) in [5.41, 5.74) is 1.28. The molecule has 0 bridgehead atoms. The van der Waals surface area contributed by atoms with E-state index in [1.807, 2.05) is 6.07 Å². The predicted molar refractivity (Wildman–Crippen MR) is 79.8 cm³/mol. The smallest absolute Gasteiger partial charge is 0.124 e. The monoisotopic (exact) mass is 275 g/mol. The first-order valence-corrected chi connectivity index (χ1v) is 7.87. The summed E-state index contributed by atoms with van der Waals surface area (Å²) >= 11 is 0. The summed E-state index contributed by atoms with van der Waals surface area (Å²) in [5, 5.41) is 13.5. The van der Waals surface area contributed by atoms with Gasteiger partial charge in [-0.15, -0.1) is 0 Å². The SMILES string of the molecule is CC1COc2ccccc2C1NCC1CCCC(O)C1. The van der Waals surface area contributed by atoms with Crippen LogP contribution in [0.3, 0.4) is 0 Å². The molecule has 110 valence electrons. The van der Waals surface area contributed by atoms with Crippen molar-refractivity contribution in [3.8, 4) is 5.75 Å². The zero-order valence-corrected chi connectivity index (χ0v) is 12.2. The summed E-state index contributed by atoms with van der Waals surface area (Å²) < 4.78 is 5.79. The van der Waals surface area contributed by atoms with Crippen LogP contribution in [0.1, 0.15) is 44.2 Å². The van der Waals surface area contributed by atoms with E-state index in [4.69, 9.17) is 4.74 Å². The van der Waals surface area contributed by atoms with Crippen molar-refractivity contribution < 1.29 is 9.84 Å². The number of rotatable bonds is 3. The average Bonchev–Trinajstić information content (AvgIpc) is 2.46. The molecule has 1 aliphatic heterocycles. The minimum absolute atomic E-state index is 0.0880. The molecule has 0 spiro atoms. The molecule has 1 fully saturated rings. The number of ether oxygens (including phenoxy) is 1. The highest BCUT2D eigenvalue weighted by Gasteiger charge is 2.28. The Kier molecular flexibility index (Phi) is 4.27. The zero-order valence-electron chi connectivity index (χ0n) is 12.2. The van der Waals surface area contributed by atoms with Crippen molar-refractivity contribution in [2.75, 3.05) is 13.2 Å². The number of fused-ring (bicyclic) bond motifs is 1. The first kappa shape index (κ1) is 13.9. The molecule has 20 heavy (non-hydrogen) atoms. The molecule has 1 aromatic rings. The van der Waals surface area contributed by atoms with Crippen molar-refractivity contribution in [3.63, 3.8) is 0 Å². The Bertz CT molecular complexity index is 448. The molecule has 3 heteroatoms. The van der Waals surface area contributed by atoms with Gasteiger partial charge in [-0.1, -0.05) is 31.5 Å². The van der Waals surface area contributed by atoms with Gasteiger partial charge in [-0.3, -0.25) is 0 Å². The lowest BCUT2D eigenvalue weighted by Gasteiger charge is -2.34. The number of hydrogen-bond donors (Lipinski definition) is 2. The van der Waals surface area contributed by atoms with Gasteiger partial charge in [0.15, 0.2) is 0 Å². The second-order valence-electron chi connectivity index (χ2n) is 6.40. The van der Waals surface area contributed by atoms with E-state index in [0.29, 0.717) is 17.9 Å². The molecular weight excluding hydrogens is 250 g/mol. The Morgan fingerprint density at radius 1 is 1.30 bits per heavy atom. The Morgan fingerprint density at radius 3 is 3.00 bits per heavy atom. The number of hydrogen-bond acceptors (Lipinski definition) is 3. The summed E-state index contributed by atoms with van der Waals surface area (Å²) in [6, 6.07) is 8.71. The lowest BCUT2D eigenvalue weighted by atomic mass is 9.86. The van der Waals surface area contributed by atoms with E-state index in [-0.39, 0.29) is 6.10 Å². The molecule has 2 N–H and O–H groups in total. The van der Waals surface area contributed by atoms with E-state index in [1.165, 1.54) is 12.0 Å². The second-order valence-corrected chi connectivity index (χ2v) is 6.40. The van der Waals surface area contributed by atoms with Crippen LogP contribution in [0.25, 0.3) is 0 Å². The van der Waals surface area contributed by atoms with Gasteiger partial charge in [-0.2, -0.15) is 0 Å². The first-order valence-electron chi connectivity index (χ1n) is 7.87. The van der Waals surface area contributed by atoms with Crippen LogP contribution >= 0.6 is 0 Å². The zero-order chi connectivity index (χ0) is 13.9. The number of para-hydroxylation sites is 1. The van der Waals surface area contributed by atoms with Crippen molar-refractivity contribution in [2.45, 2.75) is 44.8 Å². The standard InChI is InChI=1S/C17H25NO2/c1-12-11-20-16-8-3-2-7-15(16)17(12)18-10-13-5-4-6-14(19)9-13/h2-3,7-8,12-14,17-19H,4-6,9-11H2,1H3. The molecule has 3 rings (SSSR count). The molecule has 1 aromatic carbocycles. The highest BCUT2D eigenvalue weighted by Crippen LogP contribution is 2.35. The maximum atomic E-state index is 9.78. The van der Waals surface area contributed by atoms with Crippen LogP contribution in [0.5, 0.6) is 5.75 Å². The van der Waals surface area contributed by atoms with E-state index >= 15 is 0 Å². The number of benzene rings is 1. The van der Waals surface area contributed by atoms with E-state index in [0.717, 1.165) is 38.2 Å². The van der Waals surface area contributed by atoms with Gasteiger partial charge in [0, 0.05) is 17.5 Å². The topological polar surface area (TPSA) is 41.5 Å². The summed E-state index contributed by atoms with van der Waals surface area (Å²) in [6.45, 7) is 4.02. The largest absolute Gasteiger partial charge is 0.493 e. The van der Waals surface area contributed by atoms with E-state index < -0.39 is 0 Å². The molecule has 4 unspecified atom stereocenters. The van der Waals surface area contributed by atoms with Crippen molar-refractivity contribution in [1.82, 2.24) is 5.32 Å². The lowest BCUT2D eigenvalue weighted by Crippen LogP contribution is -2.37. The lowest BCUT2D eigenvalue weighted by molar-refractivity contribution is 0.0966. The van der Waals surface area contributed by atoms with Crippen molar-refractivity contribution in [2.24, 2.45) is 11.8 Å². The van der Waals surface area contributed by atoms with Gasteiger partial charge in [0.2, 0.25) is 0 Å². The molecule has 0 amide bonds. The Balaban J connectivity index is 1.64. The fourth-order valence-electron chi connectivity index (χ4n) is 3.55.